The van der Waals surface area contributed by atoms with Gasteiger partial charge in [0.05, 0.1) is 0 Å². The Balaban J connectivity index is 1.62. The van der Waals surface area contributed by atoms with Crippen molar-refractivity contribution in [2.45, 2.75) is 12.8 Å². The molecule has 3 rings (SSSR count). The van der Waals surface area contributed by atoms with Gasteiger partial charge in [-0.05, 0) is 24.7 Å². The summed E-state index contributed by atoms with van der Waals surface area (Å²) in [4.78, 5) is 14.2. The van der Waals surface area contributed by atoms with Crippen LogP contribution in [-0.2, 0) is 4.79 Å². The quantitative estimate of drug-likeness (QED) is 0.638. The first kappa shape index (κ1) is 9.40. The fourth-order valence-corrected chi connectivity index (χ4v) is 3.11. The molecule has 2 atom stereocenters. The van der Waals surface area contributed by atoms with Gasteiger partial charge in [-0.2, -0.15) is 0 Å². The highest BCUT2D eigenvalue weighted by Gasteiger charge is 2.39. The number of hydrogen-bond donors (Lipinski definition) is 1. The average molecular weight is 206 g/mol. The second kappa shape index (κ2) is 3.63. The number of nitrogens with zero attached hydrogens (tertiary/aromatic N) is 1. The van der Waals surface area contributed by atoms with E-state index in [0.29, 0.717) is 5.91 Å². The highest BCUT2D eigenvalue weighted by molar-refractivity contribution is 5.80. The minimum atomic E-state index is 0.261. The molecule has 3 aliphatic rings. The Morgan fingerprint density at radius 3 is 2.33 bits per heavy atom. The van der Waals surface area contributed by atoms with Crippen LogP contribution in [-0.4, -0.2) is 37.0 Å². The van der Waals surface area contributed by atoms with Crippen LogP contribution in [0.5, 0.6) is 0 Å². The Morgan fingerprint density at radius 1 is 1.13 bits per heavy atom. The molecule has 2 saturated heterocycles. The van der Waals surface area contributed by atoms with E-state index in [1.54, 1.807) is 0 Å². The Labute approximate surface area is 90.5 Å². The zero-order chi connectivity index (χ0) is 10.3. The number of nitrogens with one attached hydrogen (secondary N) is 1. The van der Waals surface area contributed by atoms with Crippen molar-refractivity contribution >= 4 is 5.91 Å². The van der Waals surface area contributed by atoms with Crippen LogP contribution >= 0.6 is 0 Å². The number of carbonyl (C=O) groups excluding carboxylic acids is 1. The van der Waals surface area contributed by atoms with Crippen molar-refractivity contribution in [3.05, 3.63) is 12.2 Å². The average Bonchev–Trinajstić information content (AvgIpc) is 2.92. The molecule has 0 radical (unpaired) electrons. The summed E-state index contributed by atoms with van der Waals surface area (Å²) in [5.41, 5.74) is 0. The molecule has 15 heavy (non-hydrogen) atoms. The lowest BCUT2D eigenvalue weighted by Crippen LogP contribution is -2.35. The molecule has 2 fully saturated rings. The monoisotopic (exact) mass is 206 g/mol. The van der Waals surface area contributed by atoms with Crippen molar-refractivity contribution in [3.63, 3.8) is 0 Å². The van der Waals surface area contributed by atoms with Crippen LogP contribution in [0.3, 0.4) is 0 Å². The fraction of sp³-hybridized carbons (Fsp3) is 0.750. The van der Waals surface area contributed by atoms with Gasteiger partial charge in [0.2, 0.25) is 5.91 Å². The van der Waals surface area contributed by atoms with Crippen LogP contribution in [0.2, 0.25) is 0 Å². The van der Waals surface area contributed by atoms with Crippen LogP contribution < -0.4 is 5.32 Å². The first-order valence-electron chi connectivity index (χ1n) is 5.99. The van der Waals surface area contributed by atoms with Gasteiger partial charge >= 0.3 is 0 Å². The first-order valence-corrected chi connectivity index (χ1v) is 5.99. The minimum absolute atomic E-state index is 0.261. The van der Waals surface area contributed by atoms with Gasteiger partial charge in [-0.1, -0.05) is 12.2 Å². The molecule has 0 aromatic heterocycles. The van der Waals surface area contributed by atoms with Crippen molar-refractivity contribution < 1.29 is 4.79 Å². The summed E-state index contributed by atoms with van der Waals surface area (Å²) in [6.45, 7) is 4.20. The second-order valence-corrected chi connectivity index (χ2v) is 5.06. The van der Waals surface area contributed by atoms with Gasteiger partial charge in [0.1, 0.15) is 0 Å². The Bertz CT molecular complexity index is 280. The molecule has 0 bridgehead atoms. The summed E-state index contributed by atoms with van der Waals surface area (Å²) in [5, 5.41) is 3.40. The summed E-state index contributed by atoms with van der Waals surface area (Å²) < 4.78 is 0. The largest absolute Gasteiger partial charge is 0.342 e. The first-order chi connectivity index (χ1) is 7.34. The van der Waals surface area contributed by atoms with E-state index in [0.717, 1.165) is 50.9 Å². The highest BCUT2D eigenvalue weighted by Crippen LogP contribution is 2.29. The Hall–Kier alpha value is -0.830. The van der Waals surface area contributed by atoms with Gasteiger partial charge in [-0.25, -0.2) is 0 Å². The molecular formula is C12H18N2O. The van der Waals surface area contributed by atoms with Crippen molar-refractivity contribution in [2.75, 3.05) is 26.2 Å². The number of carbonyl (C=O) groups is 1. The maximum Gasteiger partial charge on any atom is 0.226 e. The molecule has 0 spiro atoms. The van der Waals surface area contributed by atoms with Crippen molar-refractivity contribution in [3.8, 4) is 0 Å². The lowest BCUT2D eigenvalue weighted by molar-refractivity contribution is -0.134. The number of fused-ring (bicyclic) bond motifs is 1. The van der Waals surface area contributed by atoms with Crippen LogP contribution in [0.15, 0.2) is 12.2 Å². The van der Waals surface area contributed by atoms with Gasteiger partial charge in [0.15, 0.2) is 0 Å². The fourth-order valence-electron chi connectivity index (χ4n) is 3.11. The maximum atomic E-state index is 12.1. The molecule has 1 N–H and O–H groups in total. The van der Waals surface area contributed by atoms with Crippen molar-refractivity contribution in [2.24, 2.45) is 17.8 Å². The molecule has 2 aliphatic heterocycles. The zero-order valence-corrected chi connectivity index (χ0v) is 8.98. The summed E-state index contributed by atoms with van der Waals surface area (Å²) in [6, 6.07) is 0. The van der Waals surface area contributed by atoms with E-state index in [1.165, 1.54) is 0 Å². The molecule has 0 saturated carbocycles. The Kier molecular flexibility index (Phi) is 2.28. The number of hydrogen-bond acceptors (Lipinski definition) is 2. The molecule has 82 valence electrons. The van der Waals surface area contributed by atoms with E-state index in [4.69, 9.17) is 0 Å². The number of likely N-dealkylation sites (tertiary alicyclic amines) is 1. The van der Waals surface area contributed by atoms with E-state index in [2.05, 4.69) is 22.4 Å². The lowest BCUT2D eigenvalue weighted by atomic mass is 10.0. The van der Waals surface area contributed by atoms with Crippen molar-refractivity contribution in [1.82, 2.24) is 10.2 Å². The maximum absolute atomic E-state index is 12.1. The highest BCUT2D eigenvalue weighted by atomic mass is 16.2. The third kappa shape index (κ3) is 1.59. The summed E-state index contributed by atoms with van der Waals surface area (Å²) in [5.74, 6) is 2.11. The lowest BCUT2D eigenvalue weighted by Gasteiger charge is -2.21. The smallest absolute Gasteiger partial charge is 0.226 e. The molecular weight excluding hydrogens is 188 g/mol. The van der Waals surface area contributed by atoms with Crippen LogP contribution in [0.4, 0.5) is 0 Å². The van der Waals surface area contributed by atoms with E-state index in [9.17, 15) is 4.79 Å². The minimum Gasteiger partial charge on any atom is -0.342 e. The molecule has 1 amide bonds. The van der Waals surface area contributed by atoms with Crippen molar-refractivity contribution in [1.29, 1.82) is 0 Å². The van der Waals surface area contributed by atoms with E-state index < -0.39 is 0 Å². The summed E-state index contributed by atoms with van der Waals surface area (Å²) >= 11 is 0. The van der Waals surface area contributed by atoms with Gasteiger partial charge in [-0.3, -0.25) is 4.79 Å². The SMILES string of the molecule is O=C(C1CC=CC1)N1CC2CNCC2C1. The van der Waals surface area contributed by atoms with Gasteiger partial charge < -0.3 is 10.2 Å². The third-order valence-electron chi connectivity index (χ3n) is 4.06. The van der Waals surface area contributed by atoms with Crippen LogP contribution in [0.1, 0.15) is 12.8 Å². The third-order valence-corrected chi connectivity index (χ3v) is 4.06. The summed E-state index contributed by atoms with van der Waals surface area (Å²) in [7, 11) is 0. The number of rotatable bonds is 1. The van der Waals surface area contributed by atoms with Gasteiger partial charge in [0, 0.05) is 32.1 Å². The molecule has 0 aromatic carbocycles. The van der Waals surface area contributed by atoms with Gasteiger partial charge in [-0.15, -0.1) is 0 Å². The van der Waals surface area contributed by atoms with E-state index >= 15 is 0 Å². The normalized spacial score (nSPS) is 35.1. The Morgan fingerprint density at radius 2 is 1.73 bits per heavy atom. The second-order valence-electron chi connectivity index (χ2n) is 5.06. The number of amides is 1. The van der Waals surface area contributed by atoms with Crippen LogP contribution in [0, 0.1) is 17.8 Å². The topological polar surface area (TPSA) is 32.3 Å². The van der Waals surface area contributed by atoms with E-state index in [-0.39, 0.29) is 5.92 Å². The molecule has 1 aliphatic carbocycles. The molecule has 2 unspecified atom stereocenters. The zero-order valence-electron chi connectivity index (χ0n) is 8.98. The molecule has 3 heteroatoms. The summed E-state index contributed by atoms with van der Waals surface area (Å²) in [6.07, 6.45) is 6.20. The van der Waals surface area contributed by atoms with Gasteiger partial charge in [0.25, 0.3) is 0 Å². The predicted molar refractivity (Wildman–Crippen MR) is 58.3 cm³/mol. The molecule has 3 nitrogen and oxygen atoms in total. The molecule has 2 heterocycles. The standard InChI is InChI=1S/C12H18N2O/c15-12(9-3-1-2-4-9)14-7-10-5-13-6-11(10)8-14/h1-2,9-11,13H,3-8H2. The molecule has 0 aromatic rings. The van der Waals surface area contributed by atoms with E-state index in [1.807, 2.05) is 0 Å². The predicted octanol–water partition coefficient (Wildman–Crippen LogP) is 0.630. The number of allylic oxidation sites excluding steroid dienone is 2. The van der Waals surface area contributed by atoms with Crippen LogP contribution in [0.25, 0.3) is 0 Å².